The zero-order valence-electron chi connectivity index (χ0n) is 10.6. The summed E-state index contributed by atoms with van der Waals surface area (Å²) < 4.78 is 43.4. The van der Waals surface area contributed by atoms with Crippen LogP contribution < -0.4 is 0 Å². The summed E-state index contributed by atoms with van der Waals surface area (Å²) in [5.74, 6) is -1.88. The number of ether oxygens (including phenoxy) is 1. The fraction of sp³-hybridized carbons (Fsp3) is 0.667. The lowest BCUT2D eigenvalue weighted by Gasteiger charge is -2.29. The highest BCUT2D eigenvalue weighted by atomic mass is 19.4. The Morgan fingerprint density at radius 2 is 2.26 bits per heavy atom. The van der Waals surface area contributed by atoms with Gasteiger partial charge in [-0.1, -0.05) is 6.08 Å². The molecule has 1 aliphatic heterocycles. The number of nitrogens with zero attached hydrogens (tertiary/aromatic N) is 1. The molecule has 1 heterocycles. The van der Waals surface area contributed by atoms with Crippen molar-refractivity contribution in [1.82, 2.24) is 4.90 Å². The molecule has 0 N–H and O–H groups in total. The lowest BCUT2D eigenvalue weighted by Crippen LogP contribution is -2.48. The van der Waals surface area contributed by atoms with E-state index in [0.29, 0.717) is 4.90 Å². The van der Waals surface area contributed by atoms with Crippen LogP contribution in [0.2, 0.25) is 0 Å². The molecule has 0 aromatic carbocycles. The molecule has 2 atom stereocenters. The van der Waals surface area contributed by atoms with E-state index < -0.39 is 30.5 Å². The predicted molar refractivity (Wildman–Crippen MR) is 61.1 cm³/mol. The van der Waals surface area contributed by atoms with Gasteiger partial charge in [0.05, 0.1) is 13.0 Å². The molecule has 0 aromatic heterocycles. The number of alkyl halides is 3. The predicted octanol–water partition coefficient (Wildman–Crippen LogP) is 1.91. The van der Waals surface area contributed by atoms with Crippen LogP contribution in [-0.4, -0.2) is 42.1 Å². The zero-order chi connectivity index (χ0) is 14.6. The minimum Gasteiger partial charge on any atom is -0.466 e. The lowest BCUT2D eigenvalue weighted by atomic mass is 10.1. The molecule has 1 fully saturated rings. The minimum atomic E-state index is -4.65. The van der Waals surface area contributed by atoms with Gasteiger partial charge in [0.25, 0.3) is 0 Å². The summed E-state index contributed by atoms with van der Waals surface area (Å²) in [6.45, 7) is 4.92. The first-order chi connectivity index (χ1) is 8.79. The monoisotopic (exact) mass is 279 g/mol. The van der Waals surface area contributed by atoms with Crippen LogP contribution >= 0.6 is 0 Å². The summed E-state index contributed by atoms with van der Waals surface area (Å²) in [6, 6.07) is -2.12. The van der Waals surface area contributed by atoms with Crippen LogP contribution in [0.15, 0.2) is 12.7 Å². The van der Waals surface area contributed by atoms with Gasteiger partial charge < -0.3 is 9.64 Å². The largest absolute Gasteiger partial charge is 0.466 e. The molecule has 2 unspecified atom stereocenters. The highest BCUT2D eigenvalue weighted by molar-refractivity contribution is 5.80. The van der Waals surface area contributed by atoms with Crippen LogP contribution in [0.3, 0.4) is 0 Å². The molecule has 1 saturated heterocycles. The molecule has 0 spiro atoms. The number of likely N-dealkylation sites (tertiary alicyclic amines) is 1. The lowest BCUT2D eigenvalue weighted by molar-refractivity contribution is -0.193. The summed E-state index contributed by atoms with van der Waals surface area (Å²) >= 11 is 0. The van der Waals surface area contributed by atoms with Crippen molar-refractivity contribution >= 4 is 11.9 Å². The SMILES string of the molecule is C=CC1CC(=O)N(C(CC(=O)OCC)C(F)(F)F)C1. The van der Waals surface area contributed by atoms with Crippen molar-refractivity contribution in [2.24, 2.45) is 5.92 Å². The van der Waals surface area contributed by atoms with Gasteiger partial charge in [-0.05, 0) is 6.92 Å². The number of amides is 1. The van der Waals surface area contributed by atoms with Gasteiger partial charge in [0, 0.05) is 18.9 Å². The Morgan fingerprint density at radius 3 is 2.68 bits per heavy atom. The summed E-state index contributed by atoms with van der Waals surface area (Å²) in [7, 11) is 0. The fourth-order valence-corrected chi connectivity index (χ4v) is 2.00. The number of hydrogen-bond donors (Lipinski definition) is 0. The number of esters is 1. The number of rotatable bonds is 5. The number of carbonyl (C=O) groups excluding carboxylic acids is 2. The van der Waals surface area contributed by atoms with E-state index in [2.05, 4.69) is 11.3 Å². The molecule has 0 aliphatic carbocycles. The molecule has 1 aliphatic rings. The maximum Gasteiger partial charge on any atom is 0.409 e. The smallest absolute Gasteiger partial charge is 0.409 e. The van der Waals surface area contributed by atoms with Crippen molar-refractivity contribution < 1.29 is 27.5 Å². The third-order valence-electron chi connectivity index (χ3n) is 2.94. The van der Waals surface area contributed by atoms with Crippen molar-refractivity contribution in [3.05, 3.63) is 12.7 Å². The average molecular weight is 279 g/mol. The van der Waals surface area contributed by atoms with Crippen LogP contribution in [0, 0.1) is 5.92 Å². The van der Waals surface area contributed by atoms with E-state index in [1.807, 2.05) is 0 Å². The molecule has 0 aromatic rings. The highest BCUT2D eigenvalue weighted by Gasteiger charge is 2.49. The third-order valence-corrected chi connectivity index (χ3v) is 2.94. The van der Waals surface area contributed by atoms with Crippen LogP contribution in [0.5, 0.6) is 0 Å². The van der Waals surface area contributed by atoms with Crippen LogP contribution in [0.25, 0.3) is 0 Å². The molecular weight excluding hydrogens is 263 g/mol. The van der Waals surface area contributed by atoms with E-state index in [1.54, 1.807) is 0 Å². The van der Waals surface area contributed by atoms with Gasteiger partial charge in [0.1, 0.15) is 6.04 Å². The standard InChI is InChI=1S/C12H16F3NO3/c1-3-8-5-10(17)16(7-8)9(12(13,14)15)6-11(18)19-4-2/h3,8-9H,1,4-7H2,2H3. The highest BCUT2D eigenvalue weighted by Crippen LogP contribution is 2.32. The van der Waals surface area contributed by atoms with Crippen molar-refractivity contribution in [3.8, 4) is 0 Å². The summed E-state index contributed by atoms with van der Waals surface area (Å²) in [6.07, 6.45) is -4.07. The van der Waals surface area contributed by atoms with Crippen molar-refractivity contribution in [1.29, 1.82) is 0 Å². The van der Waals surface area contributed by atoms with Crippen LogP contribution in [-0.2, 0) is 14.3 Å². The molecule has 1 rings (SSSR count). The Morgan fingerprint density at radius 1 is 1.63 bits per heavy atom. The Bertz CT molecular complexity index is 368. The van der Waals surface area contributed by atoms with Crippen LogP contribution in [0.1, 0.15) is 19.8 Å². The van der Waals surface area contributed by atoms with E-state index in [4.69, 9.17) is 0 Å². The van der Waals surface area contributed by atoms with E-state index in [-0.39, 0.29) is 25.5 Å². The first-order valence-corrected chi connectivity index (χ1v) is 5.94. The van der Waals surface area contributed by atoms with Crippen molar-refractivity contribution in [2.45, 2.75) is 32.0 Å². The molecular formula is C12H16F3NO3. The zero-order valence-corrected chi connectivity index (χ0v) is 10.6. The van der Waals surface area contributed by atoms with Gasteiger partial charge in [-0.25, -0.2) is 0 Å². The van der Waals surface area contributed by atoms with Gasteiger partial charge in [0.2, 0.25) is 5.91 Å². The normalized spacial score (nSPS) is 21.4. The average Bonchev–Trinajstić information content (AvgIpc) is 2.66. The molecule has 19 heavy (non-hydrogen) atoms. The molecule has 0 saturated carbocycles. The minimum absolute atomic E-state index is 0.00109. The first kappa shape index (κ1) is 15.5. The van der Waals surface area contributed by atoms with Crippen LogP contribution in [0.4, 0.5) is 13.2 Å². The van der Waals surface area contributed by atoms with Crippen molar-refractivity contribution in [2.75, 3.05) is 13.2 Å². The number of carbonyl (C=O) groups is 2. The van der Waals surface area contributed by atoms with E-state index in [1.165, 1.54) is 13.0 Å². The van der Waals surface area contributed by atoms with Gasteiger partial charge in [0.15, 0.2) is 0 Å². The molecule has 7 heteroatoms. The second-order valence-corrected chi connectivity index (χ2v) is 4.31. The van der Waals surface area contributed by atoms with E-state index in [0.717, 1.165) is 0 Å². The van der Waals surface area contributed by atoms with Gasteiger partial charge in [-0.15, -0.1) is 6.58 Å². The summed E-state index contributed by atoms with van der Waals surface area (Å²) in [5, 5.41) is 0. The molecule has 1 amide bonds. The Labute approximate surface area is 109 Å². The number of halogens is 3. The Hall–Kier alpha value is -1.53. The fourth-order valence-electron chi connectivity index (χ4n) is 2.00. The molecule has 0 radical (unpaired) electrons. The second kappa shape index (κ2) is 6.08. The van der Waals surface area contributed by atoms with E-state index >= 15 is 0 Å². The maximum atomic E-state index is 12.9. The Balaban J connectivity index is 2.83. The Kier molecular flexibility index (Phi) is 4.97. The molecule has 4 nitrogen and oxygen atoms in total. The molecule has 0 bridgehead atoms. The third kappa shape index (κ3) is 3.97. The topological polar surface area (TPSA) is 46.6 Å². The number of hydrogen-bond acceptors (Lipinski definition) is 3. The van der Waals surface area contributed by atoms with Gasteiger partial charge in [-0.2, -0.15) is 13.2 Å². The first-order valence-electron chi connectivity index (χ1n) is 5.94. The molecule has 108 valence electrons. The van der Waals surface area contributed by atoms with E-state index in [9.17, 15) is 22.8 Å². The summed E-state index contributed by atoms with van der Waals surface area (Å²) in [5.41, 5.74) is 0. The second-order valence-electron chi connectivity index (χ2n) is 4.31. The van der Waals surface area contributed by atoms with Gasteiger partial charge >= 0.3 is 12.1 Å². The maximum absolute atomic E-state index is 12.9. The van der Waals surface area contributed by atoms with Crippen molar-refractivity contribution in [3.63, 3.8) is 0 Å². The van der Waals surface area contributed by atoms with Gasteiger partial charge in [-0.3, -0.25) is 9.59 Å². The quantitative estimate of drug-likeness (QED) is 0.570. The summed E-state index contributed by atoms with van der Waals surface area (Å²) in [4.78, 5) is 23.5.